The third-order valence-electron chi connectivity index (χ3n) is 4.24. The normalized spacial score (nSPS) is 16.0. The largest absolute Gasteiger partial charge is 0.486 e. The molecule has 25 heavy (non-hydrogen) atoms. The van der Waals surface area contributed by atoms with E-state index in [-0.39, 0.29) is 18.6 Å². The molecular weight excluding hydrogens is 318 g/mol. The minimum atomic E-state index is -0.195. The predicted molar refractivity (Wildman–Crippen MR) is 93.8 cm³/mol. The maximum Gasteiger partial charge on any atom is 0.240 e. The second-order valence-corrected chi connectivity index (χ2v) is 6.04. The molecule has 1 N–H and O–H groups in total. The minimum Gasteiger partial charge on any atom is -0.486 e. The minimum absolute atomic E-state index is 0.0753. The van der Waals surface area contributed by atoms with Gasteiger partial charge in [-0.3, -0.25) is 4.79 Å². The number of aromatic nitrogens is 2. The molecule has 4 rings (SSSR count). The predicted octanol–water partition coefficient (Wildman–Crippen LogP) is 2.30. The molecule has 1 aliphatic rings. The van der Waals surface area contributed by atoms with Crippen LogP contribution in [0.1, 0.15) is 5.82 Å². The third kappa shape index (κ3) is 3.15. The Morgan fingerprint density at radius 1 is 1.20 bits per heavy atom. The van der Waals surface area contributed by atoms with Crippen LogP contribution in [0.5, 0.6) is 11.5 Å². The third-order valence-corrected chi connectivity index (χ3v) is 4.24. The van der Waals surface area contributed by atoms with Crippen LogP contribution in [-0.4, -0.2) is 34.7 Å². The highest BCUT2D eigenvalue weighted by atomic mass is 16.6. The first-order chi connectivity index (χ1) is 12.2. The highest BCUT2D eigenvalue weighted by Crippen LogP contribution is 2.30. The second kappa shape index (κ2) is 6.47. The monoisotopic (exact) mass is 337 g/mol. The van der Waals surface area contributed by atoms with Crippen LogP contribution in [0.3, 0.4) is 0 Å². The molecule has 128 valence electrons. The molecule has 0 radical (unpaired) electrons. The van der Waals surface area contributed by atoms with Gasteiger partial charge in [-0.05, 0) is 31.2 Å². The van der Waals surface area contributed by atoms with Crippen LogP contribution < -0.4 is 14.8 Å². The lowest BCUT2D eigenvalue weighted by molar-refractivity contribution is -0.122. The Labute approximate surface area is 145 Å². The number of carbonyl (C=O) groups excluding carboxylic acids is 1. The van der Waals surface area contributed by atoms with Crippen LogP contribution in [0.4, 0.5) is 0 Å². The fourth-order valence-electron chi connectivity index (χ4n) is 2.99. The first-order valence-electron chi connectivity index (χ1n) is 8.28. The van der Waals surface area contributed by atoms with E-state index in [9.17, 15) is 4.79 Å². The van der Waals surface area contributed by atoms with Crippen molar-refractivity contribution >= 4 is 16.9 Å². The van der Waals surface area contributed by atoms with Gasteiger partial charge < -0.3 is 19.4 Å². The second-order valence-electron chi connectivity index (χ2n) is 6.04. The number of nitrogens with zero attached hydrogens (tertiary/aromatic N) is 2. The van der Waals surface area contributed by atoms with Crippen molar-refractivity contribution in [1.29, 1.82) is 0 Å². The number of aryl methyl sites for hydroxylation is 1. The number of para-hydroxylation sites is 4. The molecule has 6 heteroatoms. The number of benzene rings is 2. The average Bonchev–Trinajstić information content (AvgIpc) is 2.95. The number of carbonyl (C=O) groups is 1. The summed E-state index contributed by atoms with van der Waals surface area (Å²) in [5, 5.41) is 2.92. The van der Waals surface area contributed by atoms with Crippen LogP contribution in [0.2, 0.25) is 0 Å². The Morgan fingerprint density at radius 3 is 2.84 bits per heavy atom. The summed E-state index contributed by atoms with van der Waals surface area (Å²) < 4.78 is 13.4. The van der Waals surface area contributed by atoms with Crippen molar-refractivity contribution in [3.05, 3.63) is 54.4 Å². The Kier molecular flexibility index (Phi) is 4.01. The van der Waals surface area contributed by atoms with Crippen molar-refractivity contribution in [1.82, 2.24) is 14.9 Å². The van der Waals surface area contributed by atoms with Gasteiger partial charge >= 0.3 is 0 Å². The molecule has 3 aromatic rings. The Hall–Kier alpha value is -3.02. The Bertz CT molecular complexity index is 919. The lowest BCUT2D eigenvalue weighted by Gasteiger charge is -2.26. The summed E-state index contributed by atoms with van der Waals surface area (Å²) in [6.07, 6.45) is -0.195. The molecule has 2 aromatic carbocycles. The Morgan fingerprint density at radius 2 is 1.96 bits per heavy atom. The van der Waals surface area contributed by atoms with Gasteiger partial charge in [-0.15, -0.1) is 0 Å². The molecule has 1 amide bonds. The van der Waals surface area contributed by atoms with E-state index in [1.807, 2.05) is 60.0 Å². The van der Waals surface area contributed by atoms with Crippen molar-refractivity contribution in [3.63, 3.8) is 0 Å². The number of nitrogens with one attached hydrogen (secondary N) is 1. The maximum atomic E-state index is 12.3. The molecule has 0 spiro atoms. The topological polar surface area (TPSA) is 65.4 Å². The molecular formula is C19H19N3O3. The van der Waals surface area contributed by atoms with E-state index >= 15 is 0 Å². The molecule has 0 unspecified atom stereocenters. The van der Waals surface area contributed by atoms with Gasteiger partial charge in [0.15, 0.2) is 11.5 Å². The summed E-state index contributed by atoms with van der Waals surface area (Å²) in [4.78, 5) is 16.8. The molecule has 0 bridgehead atoms. The van der Waals surface area contributed by atoms with E-state index in [1.165, 1.54) is 0 Å². The van der Waals surface area contributed by atoms with Crippen molar-refractivity contribution in [3.8, 4) is 11.5 Å². The average molecular weight is 337 g/mol. The molecule has 1 atom stereocenters. The van der Waals surface area contributed by atoms with Gasteiger partial charge in [0.1, 0.15) is 25.1 Å². The van der Waals surface area contributed by atoms with Gasteiger partial charge in [0.25, 0.3) is 0 Å². The van der Waals surface area contributed by atoms with Crippen LogP contribution in [0.25, 0.3) is 11.0 Å². The number of hydrogen-bond acceptors (Lipinski definition) is 4. The fourth-order valence-corrected chi connectivity index (χ4v) is 2.99. The first kappa shape index (κ1) is 15.5. The van der Waals surface area contributed by atoms with Crippen molar-refractivity contribution in [2.24, 2.45) is 0 Å². The van der Waals surface area contributed by atoms with Gasteiger partial charge in [-0.1, -0.05) is 24.3 Å². The molecule has 6 nitrogen and oxygen atoms in total. The van der Waals surface area contributed by atoms with Crippen molar-refractivity contribution < 1.29 is 14.3 Å². The summed E-state index contributed by atoms with van der Waals surface area (Å²) in [7, 11) is 0. The van der Waals surface area contributed by atoms with Crippen LogP contribution in [0, 0.1) is 6.92 Å². The van der Waals surface area contributed by atoms with Crippen LogP contribution >= 0.6 is 0 Å². The number of fused-ring (bicyclic) bond motifs is 2. The molecule has 0 saturated carbocycles. The molecule has 0 saturated heterocycles. The zero-order chi connectivity index (χ0) is 17.2. The van der Waals surface area contributed by atoms with E-state index in [0.29, 0.717) is 18.9 Å². The highest BCUT2D eigenvalue weighted by Gasteiger charge is 2.21. The standard InChI is InChI=1S/C19H19N3O3/c1-13-21-15-6-2-3-7-16(15)22(13)11-19(23)20-10-14-12-24-17-8-4-5-9-18(17)25-14/h2-9,14H,10-12H2,1H3,(H,20,23)/t14-/m0/s1. The Balaban J connectivity index is 1.38. The van der Waals surface area contributed by atoms with Gasteiger partial charge in [0.2, 0.25) is 5.91 Å². The summed E-state index contributed by atoms with van der Waals surface area (Å²) >= 11 is 0. The quantitative estimate of drug-likeness (QED) is 0.793. The number of imidazole rings is 1. The van der Waals surface area contributed by atoms with E-state index in [0.717, 1.165) is 22.6 Å². The number of rotatable bonds is 4. The van der Waals surface area contributed by atoms with Crippen molar-refractivity contribution in [2.45, 2.75) is 19.6 Å². The zero-order valence-corrected chi connectivity index (χ0v) is 13.9. The molecule has 2 heterocycles. The molecule has 0 aliphatic carbocycles. The SMILES string of the molecule is Cc1nc2ccccc2n1CC(=O)NC[C@H]1COc2ccccc2O1. The highest BCUT2D eigenvalue weighted by molar-refractivity contribution is 5.81. The fraction of sp³-hybridized carbons (Fsp3) is 0.263. The number of ether oxygens (including phenoxy) is 2. The number of hydrogen-bond donors (Lipinski definition) is 1. The summed E-state index contributed by atoms with van der Waals surface area (Å²) in [5.41, 5.74) is 1.86. The first-order valence-corrected chi connectivity index (χ1v) is 8.28. The molecule has 1 aliphatic heterocycles. The summed E-state index contributed by atoms with van der Waals surface area (Å²) in [6, 6.07) is 15.3. The van der Waals surface area contributed by atoms with Gasteiger partial charge in [0.05, 0.1) is 17.6 Å². The smallest absolute Gasteiger partial charge is 0.240 e. The zero-order valence-electron chi connectivity index (χ0n) is 13.9. The summed E-state index contributed by atoms with van der Waals surface area (Å²) in [5.74, 6) is 2.20. The van der Waals surface area contributed by atoms with E-state index in [1.54, 1.807) is 0 Å². The van der Waals surface area contributed by atoms with E-state index in [2.05, 4.69) is 10.3 Å². The molecule has 1 aromatic heterocycles. The van der Waals surface area contributed by atoms with Gasteiger partial charge in [0, 0.05) is 0 Å². The lowest BCUT2D eigenvalue weighted by Crippen LogP contribution is -2.41. The van der Waals surface area contributed by atoms with Crippen molar-refractivity contribution in [2.75, 3.05) is 13.2 Å². The number of amides is 1. The maximum absolute atomic E-state index is 12.3. The molecule has 0 fully saturated rings. The summed E-state index contributed by atoms with van der Waals surface area (Å²) in [6.45, 7) is 2.96. The van der Waals surface area contributed by atoms with Gasteiger partial charge in [-0.25, -0.2) is 4.98 Å². The van der Waals surface area contributed by atoms with Crippen LogP contribution in [0.15, 0.2) is 48.5 Å². The van der Waals surface area contributed by atoms with E-state index in [4.69, 9.17) is 9.47 Å². The van der Waals surface area contributed by atoms with Crippen LogP contribution in [-0.2, 0) is 11.3 Å². The van der Waals surface area contributed by atoms with Gasteiger partial charge in [-0.2, -0.15) is 0 Å². The van der Waals surface area contributed by atoms with E-state index < -0.39 is 0 Å². The lowest BCUT2D eigenvalue weighted by atomic mass is 10.2.